The third kappa shape index (κ3) is 4.32. The fourth-order valence-corrected chi connectivity index (χ4v) is 2.94. The predicted molar refractivity (Wildman–Crippen MR) is 84.1 cm³/mol. The van der Waals surface area contributed by atoms with Crippen LogP contribution in [0.2, 0.25) is 0 Å². The molecular formula is C16H26N2O4. The van der Waals surface area contributed by atoms with Gasteiger partial charge in [0.2, 0.25) is 5.43 Å². The van der Waals surface area contributed by atoms with Crippen molar-refractivity contribution in [1.82, 2.24) is 9.47 Å². The summed E-state index contributed by atoms with van der Waals surface area (Å²) < 4.78 is 7.26. The molecule has 0 aromatic carbocycles. The summed E-state index contributed by atoms with van der Waals surface area (Å²) in [5, 5.41) is 18.9. The fraction of sp³-hybridized carbons (Fsp3) is 0.688. The van der Waals surface area contributed by atoms with E-state index in [-0.39, 0.29) is 17.8 Å². The van der Waals surface area contributed by atoms with Gasteiger partial charge in [-0.05, 0) is 32.9 Å². The van der Waals surface area contributed by atoms with Gasteiger partial charge in [-0.2, -0.15) is 0 Å². The van der Waals surface area contributed by atoms with E-state index in [9.17, 15) is 9.90 Å². The molecule has 2 rings (SSSR count). The second kappa shape index (κ2) is 8.31. The van der Waals surface area contributed by atoms with Crippen molar-refractivity contribution in [3.63, 3.8) is 0 Å². The molecule has 1 aliphatic heterocycles. The van der Waals surface area contributed by atoms with Crippen LogP contribution in [0.15, 0.2) is 10.9 Å². The molecule has 0 amide bonds. The van der Waals surface area contributed by atoms with Crippen molar-refractivity contribution in [1.29, 1.82) is 0 Å². The lowest BCUT2D eigenvalue weighted by molar-refractivity contribution is 0.0855. The molecule has 0 spiro atoms. The van der Waals surface area contributed by atoms with Crippen molar-refractivity contribution in [2.45, 2.75) is 39.3 Å². The first-order chi connectivity index (χ1) is 10.6. The largest absolute Gasteiger partial charge is 0.503 e. The zero-order valence-corrected chi connectivity index (χ0v) is 13.3. The summed E-state index contributed by atoms with van der Waals surface area (Å²) in [5.41, 5.74) is 1.17. The lowest BCUT2D eigenvalue weighted by Gasteiger charge is -2.28. The molecule has 1 aliphatic rings. The standard InChI is InChI=1S/C16H26N2O4/c1-13-11-15(20)16(21)14(12-17-5-3-2-4-6-17)18(13)7-9-22-10-8-19/h11,19,21H,2-10,12H2,1H3. The Morgan fingerprint density at radius 3 is 2.64 bits per heavy atom. The first kappa shape index (κ1) is 17.0. The average molecular weight is 310 g/mol. The lowest BCUT2D eigenvalue weighted by Crippen LogP contribution is -2.32. The van der Waals surface area contributed by atoms with Gasteiger partial charge in [0.1, 0.15) is 0 Å². The van der Waals surface area contributed by atoms with E-state index in [2.05, 4.69) is 4.90 Å². The molecule has 2 N–H and O–H groups in total. The Labute approximate surface area is 130 Å². The van der Waals surface area contributed by atoms with Crippen molar-refractivity contribution in [3.8, 4) is 5.75 Å². The van der Waals surface area contributed by atoms with Crippen molar-refractivity contribution in [3.05, 3.63) is 27.7 Å². The summed E-state index contributed by atoms with van der Waals surface area (Å²) in [4.78, 5) is 14.2. The number of likely N-dealkylation sites (tertiary alicyclic amines) is 1. The highest BCUT2D eigenvalue weighted by atomic mass is 16.5. The van der Waals surface area contributed by atoms with Crippen molar-refractivity contribution in [2.24, 2.45) is 0 Å². The summed E-state index contributed by atoms with van der Waals surface area (Å²) >= 11 is 0. The first-order valence-corrected chi connectivity index (χ1v) is 7.96. The Bertz CT molecular complexity index is 536. The maximum absolute atomic E-state index is 11.9. The predicted octanol–water partition coefficient (Wildman–Crippen LogP) is 0.857. The van der Waals surface area contributed by atoms with E-state index < -0.39 is 0 Å². The third-order valence-electron chi connectivity index (χ3n) is 4.12. The van der Waals surface area contributed by atoms with Crippen LogP contribution in [0, 0.1) is 6.92 Å². The molecule has 6 heteroatoms. The van der Waals surface area contributed by atoms with Crippen LogP contribution < -0.4 is 5.43 Å². The zero-order chi connectivity index (χ0) is 15.9. The molecule has 2 heterocycles. The lowest BCUT2D eigenvalue weighted by atomic mass is 10.1. The molecule has 0 saturated carbocycles. The maximum atomic E-state index is 11.9. The van der Waals surface area contributed by atoms with E-state index in [1.54, 1.807) is 0 Å². The highest BCUT2D eigenvalue weighted by molar-refractivity contribution is 5.29. The molecule has 1 saturated heterocycles. The monoisotopic (exact) mass is 310 g/mol. The van der Waals surface area contributed by atoms with Crippen LogP contribution >= 0.6 is 0 Å². The molecule has 0 atom stereocenters. The van der Waals surface area contributed by atoms with E-state index in [0.717, 1.165) is 31.6 Å². The van der Waals surface area contributed by atoms with Gasteiger partial charge in [0.25, 0.3) is 0 Å². The molecule has 6 nitrogen and oxygen atoms in total. The Morgan fingerprint density at radius 1 is 1.23 bits per heavy atom. The number of aliphatic hydroxyl groups excluding tert-OH is 1. The fourth-order valence-electron chi connectivity index (χ4n) is 2.94. The molecule has 0 radical (unpaired) electrons. The summed E-state index contributed by atoms with van der Waals surface area (Å²) in [6, 6.07) is 1.46. The van der Waals surface area contributed by atoms with E-state index in [1.165, 1.54) is 12.5 Å². The molecule has 1 fully saturated rings. The number of aliphatic hydroxyl groups is 1. The molecule has 1 aromatic heterocycles. The molecule has 1 aromatic rings. The number of nitrogens with zero attached hydrogens (tertiary/aromatic N) is 2. The van der Waals surface area contributed by atoms with Crippen LogP contribution in [0.3, 0.4) is 0 Å². The SMILES string of the molecule is Cc1cc(=O)c(O)c(CN2CCCCC2)n1CCOCCO. The summed E-state index contributed by atoms with van der Waals surface area (Å²) in [7, 11) is 0. The number of hydrogen-bond acceptors (Lipinski definition) is 5. The van der Waals surface area contributed by atoms with E-state index in [0.29, 0.717) is 32.0 Å². The summed E-state index contributed by atoms with van der Waals surface area (Å²) in [6.45, 7) is 5.75. The average Bonchev–Trinajstić information content (AvgIpc) is 2.52. The smallest absolute Gasteiger partial charge is 0.223 e. The molecular weight excluding hydrogens is 284 g/mol. The third-order valence-corrected chi connectivity index (χ3v) is 4.12. The Balaban J connectivity index is 2.18. The van der Waals surface area contributed by atoms with E-state index in [1.807, 2.05) is 11.5 Å². The number of aryl methyl sites for hydroxylation is 1. The van der Waals surface area contributed by atoms with Gasteiger partial charge in [-0.25, -0.2) is 0 Å². The number of piperidine rings is 1. The summed E-state index contributed by atoms with van der Waals surface area (Å²) in [6.07, 6.45) is 3.57. The quantitative estimate of drug-likeness (QED) is 0.731. The Kier molecular flexibility index (Phi) is 6.42. The first-order valence-electron chi connectivity index (χ1n) is 7.96. The summed E-state index contributed by atoms with van der Waals surface area (Å²) in [5.74, 6) is -0.154. The van der Waals surface area contributed by atoms with E-state index in [4.69, 9.17) is 9.84 Å². The number of rotatable bonds is 7. The number of ether oxygens (including phenoxy) is 1. The van der Waals surface area contributed by atoms with Crippen LogP contribution in [-0.4, -0.2) is 52.6 Å². The Morgan fingerprint density at radius 2 is 1.95 bits per heavy atom. The van der Waals surface area contributed by atoms with Crippen LogP contribution in [0.4, 0.5) is 0 Å². The van der Waals surface area contributed by atoms with Crippen molar-refractivity contribution >= 4 is 0 Å². The minimum Gasteiger partial charge on any atom is -0.503 e. The van der Waals surface area contributed by atoms with E-state index >= 15 is 0 Å². The van der Waals surface area contributed by atoms with Crippen LogP contribution in [-0.2, 0) is 17.8 Å². The van der Waals surface area contributed by atoms with Crippen LogP contribution in [0.5, 0.6) is 5.75 Å². The van der Waals surface area contributed by atoms with Crippen LogP contribution in [0.25, 0.3) is 0 Å². The minimum absolute atomic E-state index is 0.00493. The maximum Gasteiger partial charge on any atom is 0.223 e. The molecule has 22 heavy (non-hydrogen) atoms. The number of aromatic hydroxyl groups is 1. The van der Waals surface area contributed by atoms with Gasteiger partial charge in [0.05, 0.1) is 25.5 Å². The second-order valence-corrected chi connectivity index (χ2v) is 5.77. The van der Waals surface area contributed by atoms with Gasteiger partial charge in [-0.1, -0.05) is 6.42 Å². The highest BCUT2D eigenvalue weighted by Crippen LogP contribution is 2.19. The Hall–Kier alpha value is -1.37. The molecule has 0 bridgehead atoms. The van der Waals surface area contributed by atoms with Gasteiger partial charge in [-0.3, -0.25) is 9.69 Å². The van der Waals surface area contributed by atoms with Crippen molar-refractivity contribution in [2.75, 3.05) is 32.9 Å². The molecule has 0 unspecified atom stereocenters. The van der Waals surface area contributed by atoms with Gasteiger partial charge in [0, 0.05) is 24.8 Å². The topological polar surface area (TPSA) is 74.9 Å². The van der Waals surface area contributed by atoms with Gasteiger partial charge in [0.15, 0.2) is 5.75 Å². The van der Waals surface area contributed by atoms with Gasteiger partial charge in [-0.15, -0.1) is 0 Å². The number of pyridine rings is 1. The molecule has 124 valence electrons. The second-order valence-electron chi connectivity index (χ2n) is 5.77. The number of aromatic nitrogens is 1. The normalized spacial score (nSPS) is 16.1. The number of hydrogen-bond donors (Lipinski definition) is 2. The minimum atomic E-state index is -0.322. The molecule has 0 aliphatic carbocycles. The van der Waals surface area contributed by atoms with Crippen LogP contribution in [0.1, 0.15) is 30.7 Å². The van der Waals surface area contributed by atoms with Gasteiger partial charge < -0.3 is 19.5 Å². The van der Waals surface area contributed by atoms with Gasteiger partial charge >= 0.3 is 0 Å². The zero-order valence-electron chi connectivity index (χ0n) is 13.3. The van der Waals surface area contributed by atoms with Crippen molar-refractivity contribution < 1.29 is 14.9 Å². The highest BCUT2D eigenvalue weighted by Gasteiger charge is 2.18.